The third-order valence-corrected chi connectivity index (χ3v) is 5.13. The fourth-order valence-electron chi connectivity index (χ4n) is 3.58. The topological polar surface area (TPSA) is 71.8 Å². The number of rotatable bonds is 6. The second-order valence-corrected chi connectivity index (χ2v) is 7.02. The van der Waals surface area contributed by atoms with Gasteiger partial charge in [-0.25, -0.2) is 4.98 Å². The van der Waals surface area contributed by atoms with Gasteiger partial charge >= 0.3 is 0 Å². The van der Waals surface area contributed by atoms with Crippen molar-refractivity contribution in [2.45, 2.75) is 19.3 Å². The standard InChI is InChI=1S/C21H25N5O2/c1-28-17-7-5-16(6-8-17)19-20-24-18(15-26(20)14-10-22-19)21(27)23-9-13-25-11-3-2-4-12-25/h5-8,10,14-15H,2-4,9,11-13H2,1H3,(H,23,27). The normalized spacial score (nSPS) is 14.9. The van der Waals surface area contributed by atoms with Crippen molar-refractivity contribution < 1.29 is 9.53 Å². The predicted octanol–water partition coefficient (Wildman–Crippen LogP) is 2.62. The number of amides is 1. The van der Waals surface area contributed by atoms with Crippen LogP contribution in [0.3, 0.4) is 0 Å². The smallest absolute Gasteiger partial charge is 0.271 e. The number of ether oxygens (including phenoxy) is 1. The Morgan fingerprint density at radius 3 is 2.71 bits per heavy atom. The van der Waals surface area contributed by atoms with Gasteiger partial charge in [0.15, 0.2) is 5.65 Å². The molecule has 3 heterocycles. The number of hydrogen-bond acceptors (Lipinski definition) is 5. The number of benzene rings is 1. The van der Waals surface area contributed by atoms with Crippen LogP contribution < -0.4 is 10.1 Å². The third-order valence-electron chi connectivity index (χ3n) is 5.13. The van der Waals surface area contributed by atoms with E-state index in [4.69, 9.17) is 4.74 Å². The number of fused-ring (bicyclic) bond motifs is 1. The Hall–Kier alpha value is -2.93. The molecule has 0 atom stereocenters. The van der Waals surface area contributed by atoms with Gasteiger partial charge in [0.25, 0.3) is 5.91 Å². The van der Waals surface area contributed by atoms with Crippen LogP contribution in [0, 0.1) is 0 Å². The van der Waals surface area contributed by atoms with Gasteiger partial charge in [-0.3, -0.25) is 9.78 Å². The number of nitrogens with one attached hydrogen (secondary N) is 1. The van der Waals surface area contributed by atoms with Crippen molar-refractivity contribution in [1.82, 2.24) is 24.6 Å². The van der Waals surface area contributed by atoms with Gasteiger partial charge in [-0.1, -0.05) is 6.42 Å². The minimum absolute atomic E-state index is 0.151. The highest BCUT2D eigenvalue weighted by atomic mass is 16.5. The monoisotopic (exact) mass is 379 g/mol. The Morgan fingerprint density at radius 1 is 1.18 bits per heavy atom. The first-order valence-corrected chi connectivity index (χ1v) is 9.73. The lowest BCUT2D eigenvalue weighted by Gasteiger charge is -2.26. The van der Waals surface area contributed by atoms with Gasteiger partial charge in [0.05, 0.1) is 7.11 Å². The van der Waals surface area contributed by atoms with Gasteiger partial charge in [0.2, 0.25) is 0 Å². The van der Waals surface area contributed by atoms with E-state index in [1.54, 1.807) is 25.7 Å². The number of imidazole rings is 1. The Bertz CT molecular complexity index is 945. The molecule has 0 radical (unpaired) electrons. The predicted molar refractivity (Wildman–Crippen MR) is 108 cm³/mol. The molecule has 0 aliphatic carbocycles. The van der Waals surface area contributed by atoms with Crippen LogP contribution in [0.4, 0.5) is 0 Å². The summed E-state index contributed by atoms with van der Waals surface area (Å²) in [6.07, 6.45) is 9.09. The minimum atomic E-state index is -0.151. The van der Waals surface area contributed by atoms with E-state index >= 15 is 0 Å². The summed E-state index contributed by atoms with van der Waals surface area (Å²) < 4.78 is 7.05. The van der Waals surface area contributed by atoms with Crippen LogP contribution >= 0.6 is 0 Å². The highest BCUT2D eigenvalue weighted by Gasteiger charge is 2.15. The van der Waals surface area contributed by atoms with Crippen LogP contribution in [0.5, 0.6) is 5.75 Å². The zero-order valence-corrected chi connectivity index (χ0v) is 16.1. The summed E-state index contributed by atoms with van der Waals surface area (Å²) in [5, 5.41) is 2.99. The van der Waals surface area contributed by atoms with Crippen molar-refractivity contribution in [2.24, 2.45) is 0 Å². The molecule has 0 spiro atoms. The van der Waals surface area contributed by atoms with Gasteiger partial charge in [-0.15, -0.1) is 0 Å². The summed E-state index contributed by atoms with van der Waals surface area (Å²) in [7, 11) is 1.64. The maximum Gasteiger partial charge on any atom is 0.271 e. The van der Waals surface area contributed by atoms with E-state index in [0.717, 1.165) is 36.6 Å². The van der Waals surface area contributed by atoms with E-state index in [1.165, 1.54) is 19.3 Å². The molecule has 146 valence electrons. The molecular formula is C21H25N5O2. The number of piperidine rings is 1. The summed E-state index contributed by atoms with van der Waals surface area (Å²) in [6.45, 7) is 3.77. The van der Waals surface area contributed by atoms with Crippen molar-refractivity contribution in [2.75, 3.05) is 33.3 Å². The lowest BCUT2D eigenvalue weighted by molar-refractivity contribution is 0.0942. The number of hydrogen-bond donors (Lipinski definition) is 1. The Balaban J connectivity index is 1.48. The van der Waals surface area contributed by atoms with Crippen LogP contribution in [-0.4, -0.2) is 58.5 Å². The zero-order chi connectivity index (χ0) is 19.3. The molecule has 1 N–H and O–H groups in total. The fraction of sp³-hybridized carbons (Fsp3) is 0.381. The number of carbonyl (C=O) groups is 1. The Morgan fingerprint density at radius 2 is 1.96 bits per heavy atom. The molecule has 0 unspecified atom stereocenters. The SMILES string of the molecule is COc1ccc(-c2nccn3cc(C(=O)NCCN4CCCCC4)nc23)cc1. The van der Waals surface area contributed by atoms with Crippen LogP contribution in [-0.2, 0) is 0 Å². The van der Waals surface area contributed by atoms with Crippen molar-refractivity contribution in [3.8, 4) is 17.0 Å². The molecule has 28 heavy (non-hydrogen) atoms. The fourth-order valence-corrected chi connectivity index (χ4v) is 3.58. The quantitative estimate of drug-likeness (QED) is 0.713. The van der Waals surface area contributed by atoms with Crippen LogP contribution in [0.1, 0.15) is 29.8 Å². The molecular weight excluding hydrogens is 354 g/mol. The highest BCUT2D eigenvalue weighted by molar-refractivity contribution is 5.93. The van der Waals surface area contributed by atoms with E-state index in [9.17, 15) is 4.79 Å². The number of methoxy groups -OCH3 is 1. The van der Waals surface area contributed by atoms with Crippen LogP contribution in [0.15, 0.2) is 42.9 Å². The molecule has 7 heteroatoms. The molecule has 1 aliphatic rings. The van der Waals surface area contributed by atoms with E-state index in [1.807, 2.05) is 28.7 Å². The first-order chi connectivity index (χ1) is 13.7. The molecule has 1 aliphatic heterocycles. The molecule has 3 aromatic rings. The summed E-state index contributed by atoms with van der Waals surface area (Å²) in [6, 6.07) is 7.65. The van der Waals surface area contributed by atoms with E-state index in [2.05, 4.69) is 20.2 Å². The summed E-state index contributed by atoms with van der Waals surface area (Å²) in [4.78, 5) is 24.0. The maximum atomic E-state index is 12.5. The van der Waals surface area contributed by atoms with Crippen LogP contribution in [0.2, 0.25) is 0 Å². The number of carbonyl (C=O) groups excluding carboxylic acids is 1. The summed E-state index contributed by atoms with van der Waals surface area (Å²) in [5.74, 6) is 0.634. The van der Waals surface area contributed by atoms with Gasteiger partial charge in [0.1, 0.15) is 17.1 Å². The minimum Gasteiger partial charge on any atom is -0.497 e. The van der Waals surface area contributed by atoms with Gasteiger partial charge < -0.3 is 19.4 Å². The average molecular weight is 379 g/mol. The van der Waals surface area contributed by atoms with E-state index in [0.29, 0.717) is 17.9 Å². The molecule has 2 aromatic heterocycles. The number of nitrogens with zero attached hydrogens (tertiary/aromatic N) is 4. The average Bonchev–Trinajstić information content (AvgIpc) is 3.19. The first-order valence-electron chi connectivity index (χ1n) is 9.73. The first kappa shape index (κ1) is 18.4. The van der Waals surface area contributed by atoms with Gasteiger partial charge in [-0.05, 0) is 50.2 Å². The second kappa shape index (κ2) is 8.39. The molecule has 4 rings (SSSR count). The molecule has 1 fully saturated rings. The number of likely N-dealkylation sites (tertiary alicyclic amines) is 1. The molecule has 0 saturated carbocycles. The Labute approximate surface area is 164 Å². The van der Waals surface area contributed by atoms with Crippen LogP contribution in [0.25, 0.3) is 16.9 Å². The van der Waals surface area contributed by atoms with Crippen molar-refractivity contribution in [3.63, 3.8) is 0 Å². The molecule has 1 aromatic carbocycles. The lowest BCUT2D eigenvalue weighted by atomic mass is 10.1. The zero-order valence-electron chi connectivity index (χ0n) is 16.1. The third kappa shape index (κ3) is 3.99. The molecule has 1 amide bonds. The van der Waals surface area contributed by atoms with Gasteiger partial charge in [0, 0.05) is 37.2 Å². The number of aromatic nitrogens is 3. The largest absolute Gasteiger partial charge is 0.497 e. The van der Waals surface area contributed by atoms with Crippen molar-refractivity contribution in [1.29, 1.82) is 0 Å². The lowest BCUT2D eigenvalue weighted by Crippen LogP contribution is -2.37. The molecule has 7 nitrogen and oxygen atoms in total. The second-order valence-electron chi connectivity index (χ2n) is 7.02. The Kier molecular flexibility index (Phi) is 5.53. The van der Waals surface area contributed by atoms with Crippen molar-refractivity contribution >= 4 is 11.6 Å². The van der Waals surface area contributed by atoms with E-state index in [-0.39, 0.29) is 5.91 Å². The molecule has 0 bridgehead atoms. The highest BCUT2D eigenvalue weighted by Crippen LogP contribution is 2.24. The summed E-state index contributed by atoms with van der Waals surface area (Å²) in [5.41, 5.74) is 2.72. The van der Waals surface area contributed by atoms with Gasteiger partial charge in [-0.2, -0.15) is 0 Å². The maximum absolute atomic E-state index is 12.5. The molecule has 1 saturated heterocycles. The van der Waals surface area contributed by atoms with Crippen molar-refractivity contribution in [3.05, 3.63) is 48.5 Å². The summed E-state index contributed by atoms with van der Waals surface area (Å²) >= 11 is 0. The van der Waals surface area contributed by atoms with E-state index < -0.39 is 0 Å².